The number of nitrogens with zero attached hydrogens (tertiary/aromatic N) is 2. The Labute approximate surface area is 125 Å². The van der Waals surface area contributed by atoms with Gasteiger partial charge in [-0.3, -0.25) is 0 Å². The highest BCUT2D eigenvalue weighted by Gasteiger charge is 2.28. The molecule has 1 aromatic rings. The highest BCUT2D eigenvalue weighted by molar-refractivity contribution is 5.68. The second-order valence-corrected chi connectivity index (χ2v) is 6.02. The molecular formula is C16H20N2O3. The molecule has 5 nitrogen and oxygen atoms in total. The lowest BCUT2D eigenvalue weighted by molar-refractivity contribution is -0.0432. The minimum Gasteiger partial charge on any atom is -0.444 e. The summed E-state index contributed by atoms with van der Waals surface area (Å²) in [5.74, 6) is 0. The topological polar surface area (TPSA) is 62.6 Å². The maximum absolute atomic E-state index is 12.1. The van der Waals surface area contributed by atoms with Gasteiger partial charge in [0.05, 0.1) is 24.8 Å². The summed E-state index contributed by atoms with van der Waals surface area (Å²) in [6, 6.07) is 9.32. The first-order valence-corrected chi connectivity index (χ1v) is 6.98. The maximum atomic E-state index is 12.1. The molecule has 1 fully saturated rings. The van der Waals surface area contributed by atoms with E-state index in [2.05, 4.69) is 6.07 Å². The lowest BCUT2D eigenvalue weighted by atomic mass is 10.1. The van der Waals surface area contributed by atoms with E-state index in [-0.39, 0.29) is 12.2 Å². The van der Waals surface area contributed by atoms with Crippen LogP contribution in [-0.4, -0.2) is 36.3 Å². The van der Waals surface area contributed by atoms with Crippen molar-refractivity contribution in [1.29, 1.82) is 5.26 Å². The summed E-state index contributed by atoms with van der Waals surface area (Å²) in [4.78, 5) is 13.8. The van der Waals surface area contributed by atoms with Gasteiger partial charge in [-0.05, 0) is 38.5 Å². The molecule has 0 bridgehead atoms. The molecule has 0 saturated carbocycles. The van der Waals surface area contributed by atoms with Crippen LogP contribution < -0.4 is 0 Å². The third-order valence-electron chi connectivity index (χ3n) is 3.13. The van der Waals surface area contributed by atoms with E-state index in [1.165, 1.54) is 0 Å². The van der Waals surface area contributed by atoms with Crippen LogP contribution >= 0.6 is 0 Å². The van der Waals surface area contributed by atoms with Gasteiger partial charge < -0.3 is 14.4 Å². The maximum Gasteiger partial charge on any atom is 0.410 e. The lowest BCUT2D eigenvalue weighted by Gasteiger charge is -2.34. The third kappa shape index (κ3) is 4.20. The summed E-state index contributed by atoms with van der Waals surface area (Å²) in [5.41, 5.74) is 1.07. The Hall–Kier alpha value is -2.06. The van der Waals surface area contributed by atoms with Gasteiger partial charge in [0.2, 0.25) is 0 Å². The van der Waals surface area contributed by atoms with Crippen LogP contribution in [-0.2, 0) is 9.47 Å². The van der Waals surface area contributed by atoms with Crippen molar-refractivity contribution in [2.45, 2.75) is 32.5 Å². The lowest BCUT2D eigenvalue weighted by Crippen LogP contribution is -2.44. The Bertz CT molecular complexity index is 540. The molecular weight excluding hydrogens is 268 g/mol. The van der Waals surface area contributed by atoms with E-state index in [0.29, 0.717) is 25.3 Å². The molecule has 112 valence electrons. The molecule has 1 aliphatic rings. The molecule has 0 aliphatic carbocycles. The molecule has 21 heavy (non-hydrogen) atoms. The zero-order valence-electron chi connectivity index (χ0n) is 12.6. The minimum absolute atomic E-state index is 0.181. The number of carbonyl (C=O) groups is 1. The van der Waals surface area contributed by atoms with Gasteiger partial charge >= 0.3 is 6.09 Å². The van der Waals surface area contributed by atoms with Crippen LogP contribution in [0.5, 0.6) is 0 Å². The number of carbonyl (C=O) groups excluding carboxylic acids is 1. The zero-order chi connectivity index (χ0) is 15.5. The van der Waals surface area contributed by atoms with Crippen LogP contribution in [0.3, 0.4) is 0 Å². The molecule has 0 N–H and O–H groups in total. The fourth-order valence-electron chi connectivity index (χ4n) is 2.12. The third-order valence-corrected chi connectivity index (χ3v) is 3.13. The molecule has 0 aromatic heterocycles. The van der Waals surface area contributed by atoms with E-state index >= 15 is 0 Å². The Morgan fingerprint density at radius 2 is 2.05 bits per heavy atom. The van der Waals surface area contributed by atoms with E-state index in [1.54, 1.807) is 17.0 Å². The summed E-state index contributed by atoms with van der Waals surface area (Å²) >= 11 is 0. The molecule has 1 aromatic carbocycles. The van der Waals surface area contributed by atoms with Gasteiger partial charge in [-0.15, -0.1) is 0 Å². The van der Waals surface area contributed by atoms with Crippen LogP contribution in [0.25, 0.3) is 0 Å². The summed E-state index contributed by atoms with van der Waals surface area (Å²) in [5, 5.41) is 8.81. The van der Waals surface area contributed by atoms with E-state index in [0.717, 1.165) is 5.56 Å². The largest absolute Gasteiger partial charge is 0.444 e. The van der Waals surface area contributed by atoms with Crippen molar-refractivity contribution < 1.29 is 14.3 Å². The monoisotopic (exact) mass is 288 g/mol. The Kier molecular flexibility index (Phi) is 4.49. The molecule has 1 unspecified atom stereocenters. The number of ether oxygens (including phenoxy) is 2. The summed E-state index contributed by atoms with van der Waals surface area (Å²) in [6.07, 6.45) is -0.497. The van der Waals surface area contributed by atoms with Gasteiger partial charge in [-0.25, -0.2) is 4.79 Å². The quantitative estimate of drug-likeness (QED) is 0.797. The molecule has 1 atom stereocenters. The van der Waals surface area contributed by atoms with Gasteiger partial charge in [0.1, 0.15) is 11.7 Å². The van der Waals surface area contributed by atoms with Gasteiger partial charge in [0.15, 0.2) is 0 Å². The van der Waals surface area contributed by atoms with Gasteiger partial charge in [0, 0.05) is 6.54 Å². The zero-order valence-corrected chi connectivity index (χ0v) is 12.6. The van der Waals surface area contributed by atoms with Crippen molar-refractivity contribution in [2.75, 3.05) is 19.7 Å². The average Bonchev–Trinajstić information content (AvgIpc) is 2.46. The summed E-state index contributed by atoms with van der Waals surface area (Å²) in [7, 11) is 0. The SMILES string of the molecule is CC(C)(C)OC(=O)N1CCOC(c2ccc(C#N)cc2)C1. The molecule has 5 heteroatoms. The number of hydrogen-bond acceptors (Lipinski definition) is 4. The Balaban J connectivity index is 2.03. The van der Waals surface area contributed by atoms with Crippen LogP contribution in [0.15, 0.2) is 24.3 Å². The number of rotatable bonds is 1. The second-order valence-electron chi connectivity index (χ2n) is 6.02. The molecule has 1 saturated heterocycles. The average molecular weight is 288 g/mol. The number of nitriles is 1. The highest BCUT2D eigenvalue weighted by atomic mass is 16.6. The van der Waals surface area contributed by atoms with Gasteiger partial charge in [-0.1, -0.05) is 12.1 Å². The van der Waals surface area contributed by atoms with Crippen molar-refractivity contribution in [3.05, 3.63) is 35.4 Å². The predicted octanol–water partition coefficient (Wildman–Crippen LogP) is 2.87. The van der Waals surface area contributed by atoms with E-state index in [9.17, 15) is 4.79 Å². The molecule has 1 aliphatic heterocycles. The number of amides is 1. The van der Waals surface area contributed by atoms with E-state index < -0.39 is 5.60 Å². The minimum atomic E-state index is -0.501. The first-order valence-electron chi connectivity index (χ1n) is 6.98. The predicted molar refractivity (Wildman–Crippen MR) is 77.7 cm³/mol. The number of hydrogen-bond donors (Lipinski definition) is 0. The highest BCUT2D eigenvalue weighted by Crippen LogP contribution is 2.23. The fraction of sp³-hybridized carbons (Fsp3) is 0.500. The second kappa shape index (κ2) is 6.15. The first kappa shape index (κ1) is 15.3. The Morgan fingerprint density at radius 3 is 2.62 bits per heavy atom. The standard InChI is InChI=1S/C16H20N2O3/c1-16(2,3)21-15(19)18-8-9-20-14(11-18)13-6-4-12(10-17)5-7-13/h4-7,14H,8-9,11H2,1-3H3. The fourth-order valence-corrected chi connectivity index (χ4v) is 2.12. The smallest absolute Gasteiger partial charge is 0.410 e. The van der Waals surface area contributed by atoms with Crippen LogP contribution in [0, 0.1) is 11.3 Å². The van der Waals surface area contributed by atoms with Crippen molar-refractivity contribution in [3.8, 4) is 6.07 Å². The van der Waals surface area contributed by atoms with Crippen LogP contribution in [0.1, 0.15) is 38.0 Å². The molecule has 2 rings (SSSR count). The number of morpholine rings is 1. The van der Waals surface area contributed by atoms with Gasteiger partial charge in [0.25, 0.3) is 0 Å². The normalized spacial score (nSPS) is 19.0. The molecule has 1 heterocycles. The molecule has 0 radical (unpaired) electrons. The van der Waals surface area contributed by atoms with Crippen LogP contribution in [0.2, 0.25) is 0 Å². The molecule has 0 spiro atoms. The van der Waals surface area contributed by atoms with Crippen molar-refractivity contribution in [1.82, 2.24) is 4.90 Å². The number of benzene rings is 1. The van der Waals surface area contributed by atoms with Crippen molar-refractivity contribution in [3.63, 3.8) is 0 Å². The van der Waals surface area contributed by atoms with Crippen molar-refractivity contribution >= 4 is 6.09 Å². The summed E-state index contributed by atoms with van der Waals surface area (Å²) < 4.78 is 11.1. The summed E-state index contributed by atoms with van der Waals surface area (Å²) in [6.45, 7) is 7.02. The van der Waals surface area contributed by atoms with Crippen molar-refractivity contribution in [2.24, 2.45) is 0 Å². The van der Waals surface area contributed by atoms with E-state index in [4.69, 9.17) is 14.7 Å². The first-order chi connectivity index (χ1) is 9.89. The van der Waals surface area contributed by atoms with E-state index in [1.807, 2.05) is 32.9 Å². The van der Waals surface area contributed by atoms with Gasteiger partial charge in [-0.2, -0.15) is 5.26 Å². The van der Waals surface area contributed by atoms with Crippen LogP contribution in [0.4, 0.5) is 4.79 Å². The molecule has 1 amide bonds. The Morgan fingerprint density at radius 1 is 1.38 bits per heavy atom.